The smallest absolute Gasteiger partial charge is 0.000719 e. The molecule has 0 amide bonds. The second-order valence-electron chi connectivity index (χ2n) is 16.3. The van der Waals surface area contributed by atoms with Crippen molar-refractivity contribution < 1.29 is 0 Å². The van der Waals surface area contributed by atoms with E-state index in [1.165, 1.54) is 131 Å². The molecule has 0 N–H and O–H groups in total. The molecule has 0 heteroatoms. The molecule has 0 aliphatic rings. The first kappa shape index (κ1) is 33.2. The van der Waals surface area contributed by atoms with Crippen molar-refractivity contribution in [2.75, 3.05) is 0 Å². The van der Waals surface area contributed by atoms with Crippen LogP contribution in [-0.2, 0) is 0 Å². The lowest BCUT2D eigenvalue weighted by molar-refractivity contribution is 1.60. The van der Waals surface area contributed by atoms with Gasteiger partial charge in [-0.1, -0.05) is 195 Å². The van der Waals surface area contributed by atoms with E-state index in [1.54, 1.807) is 0 Å². The maximum absolute atomic E-state index is 4.34. The molecule has 0 aliphatic heterocycles. The van der Waals surface area contributed by atoms with Crippen molar-refractivity contribution >= 4 is 92.3 Å². The summed E-state index contributed by atoms with van der Waals surface area (Å²) in [7, 11) is 0. The van der Waals surface area contributed by atoms with Crippen molar-refractivity contribution in [2.45, 2.75) is 0 Å². The predicted molar refractivity (Wildman–Crippen MR) is 261 cm³/mol. The first-order chi connectivity index (χ1) is 29.7. The summed E-state index contributed by atoms with van der Waals surface area (Å²) in [5, 5.41) is 20.8. The molecular formula is C60H36. The summed E-state index contributed by atoms with van der Waals surface area (Å²) >= 11 is 0. The zero-order valence-corrected chi connectivity index (χ0v) is 32.8. The monoisotopic (exact) mass is 756 g/mol. The summed E-state index contributed by atoms with van der Waals surface area (Å²) in [6.45, 7) is 4.34. The predicted octanol–water partition coefficient (Wildman–Crippen LogP) is 17.1. The van der Waals surface area contributed by atoms with Crippen LogP contribution in [0.25, 0.3) is 137 Å². The number of fused-ring (bicyclic) bond motifs is 9. The van der Waals surface area contributed by atoms with Gasteiger partial charge in [-0.05, 0) is 154 Å². The average molecular weight is 757 g/mol. The van der Waals surface area contributed by atoms with E-state index in [2.05, 4.69) is 207 Å². The fourth-order valence-electron chi connectivity index (χ4n) is 10.8. The highest BCUT2D eigenvalue weighted by Gasteiger charge is 2.27. The number of hydrogen-bond donors (Lipinski definition) is 0. The summed E-state index contributed by atoms with van der Waals surface area (Å²) in [4.78, 5) is 0. The zero-order chi connectivity index (χ0) is 39.5. The highest BCUT2D eigenvalue weighted by atomic mass is 14.3. The highest BCUT2D eigenvalue weighted by Crippen LogP contribution is 2.55. The standard InChI is InChI=1S/C60H36/c1-2-36-33-42(41-28-27-37-15-9-10-20-40(37)34-41)29-30-43(36)46-31-32-51-56-48(46)24-14-26-50(56)59-54(38-16-5-3-6-17-38)53-35-52-45-22-12-11-21-44(45)47-23-13-25-49(57(47)52)58(53)55(60(51)59)39-18-7-4-8-19-39/h2-35H,1H2. The van der Waals surface area contributed by atoms with Gasteiger partial charge >= 0.3 is 0 Å². The lowest BCUT2D eigenvalue weighted by atomic mass is 9.84. The molecule has 0 bridgehead atoms. The van der Waals surface area contributed by atoms with Crippen molar-refractivity contribution in [3.05, 3.63) is 212 Å². The third-order valence-electron chi connectivity index (χ3n) is 13.3. The SMILES string of the molecule is C=Cc1cc(-c2ccc3ccccc3c2)ccc1-c1ccc2c3c(-c4ccccc4)c4c(cc5c6ccccc6c6cccc4c65)c(-c4ccccc4)c3c3cccc1c32. The summed E-state index contributed by atoms with van der Waals surface area (Å²) in [6, 6.07) is 74.5. The summed E-state index contributed by atoms with van der Waals surface area (Å²) in [6.07, 6.45) is 2.02. The lowest BCUT2D eigenvalue weighted by Gasteiger charge is -2.19. The van der Waals surface area contributed by atoms with Gasteiger partial charge in [0.05, 0.1) is 0 Å². The molecule has 0 fully saturated rings. The largest absolute Gasteiger partial charge is 0.0984 e. The van der Waals surface area contributed by atoms with E-state index in [1.807, 2.05) is 6.08 Å². The van der Waals surface area contributed by atoms with Gasteiger partial charge < -0.3 is 0 Å². The molecule has 276 valence electrons. The molecule has 0 aromatic heterocycles. The number of rotatable bonds is 5. The molecule has 0 saturated carbocycles. The van der Waals surface area contributed by atoms with E-state index in [-0.39, 0.29) is 0 Å². The van der Waals surface area contributed by atoms with Crippen molar-refractivity contribution in [2.24, 2.45) is 0 Å². The van der Waals surface area contributed by atoms with Crippen LogP contribution in [0.15, 0.2) is 207 Å². The van der Waals surface area contributed by atoms with Crippen molar-refractivity contribution in [3.63, 3.8) is 0 Å². The van der Waals surface area contributed by atoms with Crippen LogP contribution in [0, 0.1) is 0 Å². The lowest BCUT2D eigenvalue weighted by Crippen LogP contribution is -1.91. The molecule has 60 heavy (non-hydrogen) atoms. The minimum absolute atomic E-state index is 1.13. The summed E-state index contributed by atoms with van der Waals surface area (Å²) in [5.41, 5.74) is 11.0. The molecule has 0 nitrogen and oxygen atoms in total. The molecule has 0 radical (unpaired) electrons. The first-order valence-electron chi connectivity index (χ1n) is 20.9. The average Bonchev–Trinajstić information content (AvgIpc) is 3.82. The Morgan fingerprint density at radius 3 is 1.57 bits per heavy atom. The fourth-order valence-corrected chi connectivity index (χ4v) is 10.8. The zero-order valence-electron chi connectivity index (χ0n) is 32.8. The Labute approximate surface area is 347 Å². The van der Waals surface area contributed by atoms with Gasteiger partial charge in [0.2, 0.25) is 0 Å². The van der Waals surface area contributed by atoms with Gasteiger partial charge in [-0.25, -0.2) is 0 Å². The first-order valence-corrected chi connectivity index (χ1v) is 20.9. The quantitative estimate of drug-likeness (QED) is 0.153. The molecule has 13 rings (SSSR count). The Hall–Kier alpha value is -7.80. The maximum Gasteiger partial charge on any atom is -0.000719 e. The maximum atomic E-state index is 4.34. The molecule has 13 aromatic carbocycles. The van der Waals surface area contributed by atoms with Gasteiger partial charge in [-0.2, -0.15) is 0 Å². The van der Waals surface area contributed by atoms with Crippen LogP contribution in [0.5, 0.6) is 0 Å². The molecule has 0 heterocycles. The Bertz CT molecular complexity index is 3870. The molecule has 0 atom stereocenters. The summed E-state index contributed by atoms with van der Waals surface area (Å²) in [5.74, 6) is 0. The van der Waals surface area contributed by atoms with Crippen molar-refractivity contribution in [1.82, 2.24) is 0 Å². The summed E-state index contributed by atoms with van der Waals surface area (Å²) < 4.78 is 0. The van der Waals surface area contributed by atoms with Crippen molar-refractivity contribution in [1.29, 1.82) is 0 Å². The minimum Gasteiger partial charge on any atom is -0.0984 e. The van der Waals surface area contributed by atoms with Crippen molar-refractivity contribution in [3.8, 4) is 44.5 Å². The van der Waals surface area contributed by atoms with Crippen LogP contribution in [0.2, 0.25) is 0 Å². The Kier molecular flexibility index (Phi) is 6.97. The molecular weight excluding hydrogens is 721 g/mol. The van der Waals surface area contributed by atoms with Gasteiger partial charge in [0, 0.05) is 0 Å². The van der Waals surface area contributed by atoms with Crippen LogP contribution in [0.3, 0.4) is 0 Å². The minimum atomic E-state index is 1.13. The molecule has 0 spiro atoms. The van der Waals surface area contributed by atoms with E-state index in [0.29, 0.717) is 0 Å². The van der Waals surface area contributed by atoms with Gasteiger partial charge in [0.1, 0.15) is 0 Å². The van der Waals surface area contributed by atoms with Crippen LogP contribution in [0.1, 0.15) is 5.56 Å². The molecule has 0 saturated heterocycles. The van der Waals surface area contributed by atoms with E-state index in [0.717, 1.165) is 5.56 Å². The van der Waals surface area contributed by atoms with E-state index >= 15 is 0 Å². The Morgan fingerprint density at radius 1 is 0.267 bits per heavy atom. The van der Waals surface area contributed by atoms with E-state index in [9.17, 15) is 0 Å². The normalized spacial score (nSPS) is 12.1. The fraction of sp³-hybridized carbons (Fsp3) is 0. The Balaban J connectivity index is 1.17. The van der Waals surface area contributed by atoms with Gasteiger partial charge in [0.25, 0.3) is 0 Å². The van der Waals surface area contributed by atoms with Crippen LogP contribution < -0.4 is 0 Å². The molecule has 13 aromatic rings. The second-order valence-corrected chi connectivity index (χ2v) is 16.3. The van der Waals surface area contributed by atoms with Crippen LogP contribution in [-0.4, -0.2) is 0 Å². The topological polar surface area (TPSA) is 0 Å². The third-order valence-corrected chi connectivity index (χ3v) is 13.3. The van der Waals surface area contributed by atoms with Gasteiger partial charge in [-0.15, -0.1) is 0 Å². The van der Waals surface area contributed by atoms with Crippen LogP contribution >= 0.6 is 0 Å². The molecule has 0 unspecified atom stereocenters. The second kappa shape index (κ2) is 12.6. The highest BCUT2D eigenvalue weighted by molar-refractivity contribution is 6.45. The van der Waals surface area contributed by atoms with Gasteiger partial charge in [-0.3, -0.25) is 0 Å². The van der Waals surface area contributed by atoms with E-state index in [4.69, 9.17) is 0 Å². The third kappa shape index (κ3) is 4.56. The van der Waals surface area contributed by atoms with Crippen LogP contribution in [0.4, 0.5) is 0 Å². The number of hydrogen-bond acceptors (Lipinski definition) is 0. The molecule has 0 aliphatic carbocycles. The number of benzene rings is 11. The van der Waals surface area contributed by atoms with E-state index < -0.39 is 0 Å². The Morgan fingerprint density at radius 2 is 0.800 bits per heavy atom. The van der Waals surface area contributed by atoms with Gasteiger partial charge in [0.15, 0.2) is 0 Å².